The molecule has 21 heavy (non-hydrogen) atoms. The van der Waals surface area contributed by atoms with Crippen molar-refractivity contribution < 1.29 is 0 Å². The summed E-state index contributed by atoms with van der Waals surface area (Å²) in [6, 6.07) is 0. The third-order valence-electron chi connectivity index (χ3n) is 3.31. The number of aromatic nitrogens is 6. The van der Waals surface area contributed by atoms with Crippen LogP contribution in [0.1, 0.15) is 6.92 Å². The van der Waals surface area contributed by atoms with Crippen molar-refractivity contribution in [2.75, 3.05) is 5.32 Å². The summed E-state index contributed by atoms with van der Waals surface area (Å²) in [4.78, 5) is 31.1. The van der Waals surface area contributed by atoms with Gasteiger partial charge in [-0.15, -0.1) is 0 Å². The number of H-pyrrole nitrogens is 1. The van der Waals surface area contributed by atoms with Gasteiger partial charge in [-0.25, -0.2) is 4.79 Å². The minimum Gasteiger partial charge on any atom is -0.323 e. The number of nitrogens with zero attached hydrogens (tertiary/aromatic N) is 5. The molecule has 2 N–H and O–H groups in total. The molecule has 0 amide bonds. The van der Waals surface area contributed by atoms with Gasteiger partial charge in [-0.1, -0.05) is 0 Å². The van der Waals surface area contributed by atoms with Crippen molar-refractivity contribution in [2.45, 2.75) is 13.5 Å². The summed E-state index contributed by atoms with van der Waals surface area (Å²) >= 11 is 0. The van der Waals surface area contributed by atoms with Gasteiger partial charge in [-0.05, 0) is 6.92 Å². The average Bonchev–Trinajstić information content (AvgIpc) is 3.10. The Kier molecular flexibility index (Phi) is 2.89. The summed E-state index contributed by atoms with van der Waals surface area (Å²) in [5, 5.41) is 7.17. The van der Waals surface area contributed by atoms with Gasteiger partial charge in [0.2, 0.25) is 5.95 Å². The fourth-order valence-corrected chi connectivity index (χ4v) is 2.12. The normalized spacial score (nSPS) is 11.2. The topological polar surface area (TPSA) is 103 Å². The molecular formula is C12H15N7O2. The van der Waals surface area contributed by atoms with Crippen LogP contribution in [0.25, 0.3) is 11.2 Å². The number of anilines is 2. The Bertz CT molecular complexity index is 927. The highest BCUT2D eigenvalue weighted by Gasteiger charge is 2.13. The van der Waals surface area contributed by atoms with E-state index in [0.717, 1.165) is 16.8 Å². The largest absolute Gasteiger partial charge is 0.332 e. The number of fused-ring (bicyclic) bond motifs is 1. The van der Waals surface area contributed by atoms with Gasteiger partial charge in [0, 0.05) is 26.8 Å². The molecule has 110 valence electrons. The maximum atomic E-state index is 12.1. The van der Waals surface area contributed by atoms with E-state index in [-0.39, 0.29) is 5.52 Å². The van der Waals surface area contributed by atoms with Gasteiger partial charge < -0.3 is 10.3 Å². The van der Waals surface area contributed by atoms with E-state index < -0.39 is 11.2 Å². The first kappa shape index (κ1) is 13.2. The van der Waals surface area contributed by atoms with E-state index in [1.807, 2.05) is 13.1 Å². The van der Waals surface area contributed by atoms with Gasteiger partial charge in [0.1, 0.15) is 0 Å². The van der Waals surface area contributed by atoms with E-state index in [1.54, 1.807) is 17.9 Å². The molecule has 0 saturated heterocycles. The second kappa shape index (κ2) is 4.62. The van der Waals surface area contributed by atoms with Crippen LogP contribution in [0.2, 0.25) is 0 Å². The second-order valence-corrected chi connectivity index (χ2v) is 4.70. The summed E-state index contributed by atoms with van der Waals surface area (Å²) in [5.41, 5.74) is 0.526. The first-order valence-electron chi connectivity index (χ1n) is 6.46. The summed E-state index contributed by atoms with van der Waals surface area (Å²) in [7, 11) is 3.01. The van der Waals surface area contributed by atoms with Gasteiger partial charge in [-0.3, -0.25) is 18.6 Å². The molecule has 0 bridgehead atoms. The SMILES string of the molecule is CCn1cc(Nc2nc3c([nH]2)c(=O)n(C)c(=O)n3C)cn1. The van der Waals surface area contributed by atoms with Crippen LogP contribution in [0.5, 0.6) is 0 Å². The third-order valence-corrected chi connectivity index (χ3v) is 3.31. The lowest BCUT2D eigenvalue weighted by molar-refractivity contribution is 0.660. The molecule has 0 unspecified atom stereocenters. The van der Waals surface area contributed by atoms with Crippen LogP contribution in [0, 0.1) is 0 Å². The summed E-state index contributed by atoms with van der Waals surface area (Å²) in [5.74, 6) is 0.388. The molecule has 3 heterocycles. The van der Waals surface area contributed by atoms with Crippen molar-refractivity contribution in [3.63, 3.8) is 0 Å². The lowest BCUT2D eigenvalue weighted by atomic mass is 10.5. The molecule has 9 nitrogen and oxygen atoms in total. The Morgan fingerprint density at radius 2 is 2.05 bits per heavy atom. The van der Waals surface area contributed by atoms with E-state index in [4.69, 9.17) is 0 Å². The monoisotopic (exact) mass is 289 g/mol. The van der Waals surface area contributed by atoms with Crippen LogP contribution in [-0.2, 0) is 20.6 Å². The molecule has 0 fully saturated rings. The van der Waals surface area contributed by atoms with Crippen molar-refractivity contribution >= 4 is 22.8 Å². The Balaban J connectivity index is 2.09. The maximum Gasteiger partial charge on any atom is 0.332 e. The summed E-state index contributed by atoms with van der Waals surface area (Å²) < 4.78 is 4.13. The second-order valence-electron chi connectivity index (χ2n) is 4.70. The highest BCUT2D eigenvalue weighted by molar-refractivity contribution is 5.73. The third kappa shape index (κ3) is 2.02. The van der Waals surface area contributed by atoms with Crippen LogP contribution in [0.3, 0.4) is 0 Å². The fourth-order valence-electron chi connectivity index (χ4n) is 2.12. The Morgan fingerprint density at radius 1 is 1.29 bits per heavy atom. The minimum atomic E-state index is -0.413. The smallest absolute Gasteiger partial charge is 0.323 e. The molecule has 0 radical (unpaired) electrons. The molecule has 0 aliphatic carbocycles. The molecule has 0 aliphatic heterocycles. The van der Waals surface area contributed by atoms with Crippen LogP contribution in [-0.4, -0.2) is 28.9 Å². The maximum absolute atomic E-state index is 12.1. The van der Waals surface area contributed by atoms with Gasteiger partial charge in [0.15, 0.2) is 11.2 Å². The lowest BCUT2D eigenvalue weighted by Gasteiger charge is -2.00. The zero-order chi connectivity index (χ0) is 15.1. The number of hydrogen-bond acceptors (Lipinski definition) is 5. The zero-order valence-electron chi connectivity index (χ0n) is 11.9. The first-order chi connectivity index (χ1) is 10.0. The van der Waals surface area contributed by atoms with Crippen molar-refractivity contribution in [1.29, 1.82) is 0 Å². The Morgan fingerprint density at radius 3 is 2.71 bits per heavy atom. The number of imidazole rings is 1. The van der Waals surface area contributed by atoms with Crippen molar-refractivity contribution in [2.24, 2.45) is 14.1 Å². The number of aryl methyl sites for hydroxylation is 2. The summed E-state index contributed by atoms with van der Waals surface area (Å²) in [6.45, 7) is 2.74. The standard InChI is InChI=1S/C12H15N7O2/c1-4-19-6-7(5-13-19)14-11-15-8-9(16-11)17(2)12(21)18(3)10(8)20/h5-6H,4H2,1-3H3,(H2,14,15,16). The molecular weight excluding hydrogens is 274 g/mol. The number of rotatable bonds is 3. The Labute approximate surface area is 118 Å². The highest BCUT2D eigenvalue weighted by atomic mass is 16.2. The fraction of sp³-hybridized carbons (Fsp3) is 0.333. The molecule has 0 saturated carbocycles. The molecule has 3 aromatic heterocycles. The van der Waals surface area contributed by atoms with Crippen LogP contribution in [0.4, 0.5) is 11.6 Å². The highest BCUT2D eigenvalue weighted by Crippen LogP contribution is 2.14. The van der Waals surface area contributed by atoms with Crippen LogP contribution >= 0.6 is 0 Å². The molecule has 0 aromatic carbocycles. The number of nitrogens with one attached hydrogen (secondary N) is 2. The van der Waals surface area contributed by atoms with Gasteiger partial charge >= 0.3 is 5.69 Å². The van der Waals surface area contributed by atoms with E-state index >= 15 is 0 Å². The molecule has 3 rings (SSSR count). The molecule has 0 spiro atoms. The first-order valence-corrected chi connectivity index (χ1v) is 6.46. The molecule has 0 aliphatic rings. The minimum absolute atomic E-state index is 0.282. The quantitative estimate of drug-likeness (QED) is 0.702. The number of hydrogen-bond donors (Lipinski definition) is 2. The van der Waals surface area contributed by atoms with E-state index in [2.05, 4.69) is 20.4 Å². The number of aromatic amines is 1. The van der Waals surface area contributed by atoms with E-state index in [9.17, 15) is 9.59 Å². The van der Waals surface area contributed by atoms with Gasteiger partial charge in [-0.2, -0.15) is 10.1 Å². The Hall–Kier alpha value is -2.84. The molecule has 0 atom stereocenters. The van der Waals surface area contributed by atoms with Crippen molar-refractivity contribution in [1.82, 2.24) is 28.9 Å². The predicted molar refractivity (Wildman–Crippen MR) is 77.8 cm³/mol. The van der Waals surface area contributed by atoms with Gasteiger partial charge in [0.05, 0.1) is 11.9 Å². The van der Waals surface area contributed by atoms with E-state index in [0.29, 0.717) is 11.6 Å². The van der Waals surface area contributed by atoms with Gasteiger partial charge in [0.25, 0.3) is 5.56 Å². The van der Waals surface area contributed by atoms with Crippen LogP contribution in [0.15, 0.2) is 22.0 Å². The predicted octanol–water partition coefficient (Wildman–Crippen LogP) is -0.0797. The summed E-state index contributed by atoms with van der Waals surface area (Å²) in [6.07, 6.45) is 3.48. The molecule has 9 heteroatoms. The van der Waals surface area contributed by atoms with Crippen LogP contribution < -0.4 is 16.6 Å². The lowest BCUT2D eigenvalue weighted by Crippen LogP contribution is -2.36. The zero-order valence-corrected chi connectivity index (χ0v) is 11.9. The average molecular weight is 289 g/mol. The van der Waals surface area contributed by atoms with Crippen molar-refractivity contribution in [3.05, 3.63) is 33.2 Å². The molecule has 3 aromatic rings. The van der Waals surface area contributed by atoms with E-state index in [1.165, 1.54) is 11.6 Å². The van der Waals surface area contributed by atoms with Crippen molar-refractivity contribution in [3.8, 4) is 0 Å².